The highest BCUT2D eigenvalue weighted by atomic mass is 16.6. The van der Waals surface area contributed by atoms with Gasteiger partial charge in [0, 0.05) is 80.9 Å². The zero-order valence-corrected chi connectivity index (χ0v) is 55.5. The zero-order chi connectivity index (χ0) is 69.5. The molecule has 8 rings (SSSR count). The Morgan fingerprint density at radius 2 is 1.25 bits per heavy atom. The van der Waals surface area contributed by atoms with E-state index in [2.05, 4.69) is 26.3 Å². The van der Waals surface area contributed by atoms with Crippen LogP contribution in [0.5, 0.6) is 23.0 Å². The lowest BCUT2D eigenvalue weighted by Crippen LogP contribution is -2.53. The van der Waals surface area contributed by atoms with Gasteiger partial charge in [0.05, 0.1) is 115 Å². The molecule has 5 heterocycles. The number of nitrogens with one attached hydrogen (secondary N) is 4. The summed E-state index contributed by atoms with van der Waals surface area (Å²) in [6, 6.07) is 9.55. The lowest BCUT2D eigenvalue weighted by molar-refractivity contribution is -0.137. The van der Waals surface area contributed by atoms with Gasteiger partial charge in [-0.2, -0.15) is 0 Å². The molecular formula is C69H85N9O19. The third kappa shape index (κ3) is 19.7. The Bertz CT molecular complexity index is 3530. The first-order chi connectivity index (χ1) is 46.8. The van der Waals surface area contributed by atoms with Crippen LogP contribution in [0.4, 0.5) is 21.9 Å². The Morgan fingerprint density at radius 3 is 1.88 bits per heavy atom. The van der Waals surface area contributed by atoms with E-state index < -0.39 is 65.9 Å². The van der Waals surface area contributed by atoms with Crippen molar-refractivity contribution in [1.29, 1.82) is 0 Å². The molecule has 9 amide bonds. The molecule has 0 saturated heterocycles. The van der Waals surface area contributed by atoms with Crippen LogP contribution in [0.1, 0.15) is 93.0 Å². The van der Waals surface area contributed by atoms with E-state index in [0.29, 0.717) is 73.3 Å². The summed E-state index contributed by atoms with van der Waals surface area (Å²) in [7, 11) is 2.90. The third-order valence-electron chi connectivity index (χ3n) is 15.9. The quantitative estimate of drug-likeness (QED) is 0.0351. The van der Waals surface area contributed by atoms with Crippen LogP contribution in [0, 0.1) is 5.92 Å². The fourth-order valence-corrected chi connectivity index (χ4v) is 10.9. The highest BCUT2D eigenvalue weighted by Crippen LogP contribution is 2.43. The highest BCUT2D eigenvalue weighted by molar-refractivity contribution is 6.13. The monoisotopic (exact) mass is 1340 g/mol. The molecule has 5 aliphatic rings. The Balaban J connectivity index is 0.757. The summed E-state index contributed by atoms with van der Waals surface area (Å²) in [4.78, 5) is 127. The minimum atomic E-state index is -1.58. The van der Waals surface area contributed by atoms with Gasteiger partial charge in [-0.3, -0.25) is 48.2 Å². The van der Waals surface area contributed by atoms with Crippen LogP contribution in [-0.4, -0.2) is 203 Å². The van der Waals surface area contributed by atoms with Gasteiger partial charge < -0.3 is 78.8 Å². The number of nitrogens with zero attached hydrogens (tertiary/aromatic N) is 5. The smallest absolute Gasteiger partial charge is 0.416 e. The van der Waals surface area contributed by atoms with Crippen LogP contribution in [0.2, 0.25) is 0 Å². The van der Waals surface area contributed by atoms with E-state index in [9.17, 15) is 48.3 Å². The maximum Gasteiger partial charge on any atom is 0.416 e. The van der Waals surface area contributed by atoms with Crippen molar-refractivity contribution in [2.24, 2.45) is 10.9 Å². The standard InChI is InChI=1S/C69H85N9O19/c1-8-11-46-33-49-39-71-52-37-57(55(89-6)35-50(52)66(85)76(49)40-46)95-23-10-24-96-58-38-53-51(36-56(58)90-7)67(86)77-41-47(12-9-2)34-54(77)68(87)78(53)69(88)97-42-45-13-15-48(16-14-45)73-64(83)44(5)72-65(84)63(43(3)4)74-60(80)20-25-91-27-29-93-31-32-94-30-28-92-26-21-70-59(79)19-22-75-61(81)17-18-62(75)82/h8-9,11-18,35-41,43-44,49,54,63,68,87H,10,19-34,42H2,1-7H3,(H,70,79)(H,72,84)(H,73,83)(H,74,80)/t44-,49-,54-,63-,68-/m0/s1. The molecule has 5 atom stereocenters. The van der Waals surface area contributed by atoms with Gasteiger partial charge >= 0.3 is 6.09 Å². The van der Waals surface area contributed by atoms with Gasteiger partial charge in [0.2, 0.25) is 23.6 Å². The van der Waals surface area contributed by atoms with Crippen molar-refractivity contribution >= 4 is 76.6 Å². The zero-order valence-electron chi connectivity index (χ0n) is 55.5. The number of anilines is 2. The first-order valence-electron chi connectivity index (χ1n) is 32.1. The first-order valence-corrected chi connectivity index (χ1v) is 32.1. The normalized spacial score (nSPS) is 17.7. The number of ether oxygens (including phenoxy) is 9. The number of carbonyl (C=O) groups excluding carboxylic acids is 9. The number of aliphatic imine (C=N–C) groups is 1. The predicted molar refractivity (Wildman–Crippen MR) is 354 cm³/mol. The van der Waals surface area contributed by atoms with Crippen molar-refractivity contribution in [2.45, 2.75) is 104 Å². The van der Waals surface area contributed by atoms with Crippen molar-refractivity contribution in [3.63, 3.8) is 0 Å². The topological polar surface area (TPSA) is 330 Å². The maximum absolute atomic E-state index is 14.4. The average molecular weight is 1340 g/mol. The molecule has 5 aliphatic heterocycles. The number of hydrogen-bond acceptors (Lipinski definition) is 20. The number of hydrogen-bond donors (Lipinski definition) is 5. The molecule has 0 unspecified atom stereocenters. The van der Waals surface area contributed by atoms with Gasteiger partial charge in [-0.1, -0.05) is 50.3 Å². The molecule has 0 fully saturated rings. The molecule has 28 heteroatoms. The van der Waals surface area contributed by atoms with E-state index in [0.717, 1.165) is 20.9 Å². The fraction of sp³-hybridized carbons (Fsp3) is 0.449. The maximum atomic E-state index is 14.4. The van der Waals surface area contributed by atoms with E-state index in [1.54, 1.807) is 67.6 Å². The predicted octanol–water partition coefficient (Wildman–Crippen LogP) is 5.56. The van der Waals surface area contributed by atoms with Crippen LogP contribution in [0.15, 0.2) is 114 Å². The number of benzene rings is 3. The van der Waals surface area contributed by atoms with Gasteiger partial charge in [0.25, 0.3) is 23.6 Å². The Morgan fingerprint density at radius 1 is 0.660 bits per heavy atom. The van der Waals surface area contributed by atoms with Crippen molar-refractivity contribution in [3.05, 3.63) is 125 Å². The lowest BCUT2D eigenvalue weighted by atomic mass is 10.0. The van der Waals surface area contributed by atoms with E-state index >= 15 is 0 Å². The van der Waals surface area contributed by atoms with Gasteiger partial charge in [-0.25, -0.2) is 9.69 Å². The van der Waals surface area contributed by atoms with Gasteiger partial charge in [-0.05, 0) is 80.5 Å². The first kappa shape index (κ1) is 73.1. The molecular weight excluding hydrogens is 1260 g/mol. The van der Waals surface area contributed by atoms with Gasteiger partial charge in [0.1, 0.15) is 18.7 Å². The Labute approximate surface area is 562 Å². The van der Waals surface area contributed by atoms with Crippen molar-refractivity contribution in [1.82, 2.24) is 30.7 Å². The van der Waals surface area contributed by atoms with Gasteiger partial charge in [-0.15, -0.1) is 0 Å². The van der Waals surface area contributed by atoms with Crippen LogP contribution >= 0.6 is 0 Å². The summed E-state index contributed by atoms with van der Waals surface area (Å²) >= 11 is 0. The second-order valence-corrected chi connectivity index (χ2v) is 23.2. The molecule has 0 bridgehead atoms. The number of fused-ring (bicyclic) bond motifs is 4. The summed E-state index contributed by atoms with van der Waals surface area (Å²) in [5.41, 5.74) is 3.54. The summed E-state index contributed by atoms with van der Waals surface area (Å²) in [6.07, 6.45) is 13.7. The largest absolute Gasteiger partial charge is 0.493 e. The molecule has 28 nitrogen and oxygen atoms in total. The van der Waals surface area contributed by atoms with Crippen LogP contribution < -0.4 is 45.1 Å². The van der Waals surface area contributed by atoms with Crippen molar-refractivity contribution in [3.8, 4) is 23.0 Å². The summed E-state index contributed by atoms with van der Waals surface area (Å²) in [5, 5.41) is 22.9. The second-order valence-electron chi connectivity index (χ2n) is 23.2. The molecule has 5 N–H and O–H groups in total. The Kier molecular flexibility index (Phi) is 27.0. The summed E-state index contributed by atoms with van der Waals surface area (Å²) in [5.74, 6) is -2.66. The molecule has 0 aromatic heterocycles. The van der Waals surface area contributed by atoms with E-state index in [-0.39, 0.29) is 125 Å². The summed E-state index contributed by atoms with van der Waals surface area (Å²) < 4.78 is 51.5. The molecule has 0 spiro atoms. The second kappa shape index (κ2) is 35.8. The van der Waals surface area contributed by atoms with Crippen LogP contribution in [0.25, 0.3) is 0 Å². The molecule has 0 aliphatic carbocycles. The minimum absolute atomic E-state index is 0.000800. The molecule has 520 valence electrons. The van der Waals surface area contributed by atoms with Crippen LogP contribution in [-0.2, 0) is 59.1 Å². The number of allylic oxidation sites excluding steroid dienone is 4. The molecule has 97 heavy (non-hydrogen) atoms. The number of imide groups is 1. The van der Waals surface area contributed by atoms with E-state index in [4.69, 9.17) is 42.6 Å². The SMILES string of the molecule is CC=CC1=CN2C(=O)c3cc(OC)c(OCCCOc4cc5c(cc4OC)C(=O)N4C=C(C=CC)C[C@H]4[C@H](O)N5C(=O)OCc4ccc(NC(=O)[C@H](C)NC(=O)[C@@H](NC(=O)CCOCCOCCOCCOCCNC(=O)CCN5C(=O)C=CC5=O)C(C)C)cc4)cc3N=C[C@@H]2C1. The lowest BCUT2D eigenvalue weighted by Gasteiger charge is -2.31. The summed E-state index contributed by atoms with van der Waals surface area (Å²) in [6.45, 7) is 11.0. The van der Waals surface area contributed by atoms with E-state index in [1.807, 2.05) is 44.4 Å². The molecule has 0 saturated carbocycles. The van der Waals surface area contributed by atoms with Crippen molar-refractivity contribution in [2.75, 3.05) is 104 Å². The molecule has 3 aromatic rings. The Hall–Kier alpha value is -9.74. The van der Waals surface area contributed by atoms with Crippen LogP contribution in [0.3, 0.4) is 0 Å². The van der Waals surface area contributed by atoms with Gasteiger partial charge in [0.15, 0.2) is 29.2 Å². The molecule has 3 aromatic carbocycles. The molecule has 0 radical (unpaired) electrons. The number of amides is 9. The number of aliphatic hydroxyl groups excluding tert-OH is 1. The number of rotatable bonds is 36. The third-order valence-corrected chi connectivity index (χ3v) is 15.9. The number of carbonyl (C=O) groups is 9. The van der Waals surface area contributed by atoms with E-state index in [1.165, 1.54) is 50.3 Å². The highest BCUT2D eigenvalue weighted by Gasteiger charge is 2.46. The van der Waals surface area contributed by atoms with Crippen molar-refractivity contribution < 1.29 is 90.9 Å². The fourth-order valence-electron chi connectivity index (χ4n) is 10.9. The average Bonchev–Trinajstić information content (AvgIpc) is 1.62. The number of aliphatic hydroxyl groups is 1. The number of methoxy groups -OCH3 is 2. The minimum Gasteiger partial charge on any atom is -0.493 e.